The molecule has 0 spiro atoms. The van der Waals surface area contributed by atoms with E-state index in [1.165, 1.54) is 6.07 Å². The second-order valence-electron chi connectivity index (χ2n) is 5.92. The minimum absolute atomic E-state index is 0.125. The molecule has 134 valence electrons. The SMILES string of the molecule is C=C(C)CN(CC)c1c(-c2c(F)cccc2Cl)c(Cl)nc2nccnc12. The Morgan fingerprint density at radius 1 is 1.19 bits per heavy atom. The van der Waals surface area contributed by atoms with Crippen molar-refractivity contribution in [2.24, 2.45) is 0 Å². The van der Waals surface area contributed by atoms with Gasteiger partial charge in [0.2, 0.25) is 0 Å². The number of hydrogen-bond acceptors (Lipinski definition) is 4. The van der Waals surface area contributed by atoms with Crippen molar-refractivity contribution in [3.8, 4) is 11.1 Å². The Morgan fingerprint density at radius 2 is 1.92 bits per heavy atom. The lowest BCUT2D eigenvalue weighted by Crippen LogP contribution is -2.26. The van der Waals surface area contributed by atoms with Gasteiger partial charge in [-0.3, -0.25) is 0 Å². The first-order valence-electron chi connectivity index (χ1n) is 8.08. The molecule has 0 radical (unpaired) electrons. The molecule has 0 saturated heterocycles. The molecule has 0 aliphatic heterocycles. The average molecular weight is 391 g/mol. The predicted octanol–water partition coefficient (Wildman–Crippen LogP) is 5.54. The van der Waals surface area contributed by atoms with E-state index in [0.29, 0.717) is 35.5 Å². The summed E-state index contributed by atoms with van der Waals surface area (Å²) in [4.78, 5) is 15.0. The maximum Gasteiger partial charge on any atom is 0.181 e. The number of rotatable bonds is 5. The molecular formula is C19H17Cl2FN4. The van der Waals surface area contributed by atoms with Gasteiger partial charge in [-0.15, -0.1) is 0 Å². The van der Waals surface area contributed by atoms with Crippen LogP contribution in [-0.4, -0.2) is 28.0 Å². The van der Waals surface area contributed by atoms with Crippen LogP contribution in [0.25, 0.3) is 22.3 Å². The Balaban J connectivity index is 2.43. The summed E-state index contributed by atoms with van der Waals surface area (Å²) in [6.07, 6.45) is 3.11. The predicted molar refractivity (Wildman–Crippen MR) is 105 cm³/mol. The van der Waals surface area contributed by atoms with E-state index >= 15 is 0 Å². The lowest BCUT2D eigenvalue weighted by molar-refractivity contribution is 0.631. The lowest BCUT2D eigenvalue weighted by atomic mass is 10.0. The summed E-state index contributed by atoms with van der Waals surface area (Å²) in [5, 5.41) is 0.379. The zero-order chi connectivity index (χ0) is 18.8. The maximum absolute atomic E-state index is 14.7. The molecule has 0 amide bonds. The van der Waals surface area contributed by atoms with E-state index < -0.39 is 5.82 Å². The zero-order valence-electron chi connectivity index (χ0n) is 14.4. The van der Waals surface area contributed by atoms with Gasteiger partial charge in [0.25, 0.3) is 0 Å². The summed E-state index contributed by atoms with van der Waals surface area (Å²) in [5.41, 5.74) is 3.13. The largest absolute Gasteiger partial charge is 0.365 e. The van der Waals surface area contributed by atoms with Gasteiger partial charge in [-0.1, -0.05) is 41.4 Å². The summed E-state index contributed by atoms with van der Waals surface area (Å²) >= 11 is 12.8. The Hall–Kier alpha value is -2.24. The fraction of sp³-hybridized carbons (Fsp3) is 0.211. The van der Waals surface area contributed by atoms with E-state index in [1.54, 1.807) is 24.5 Å². The summed E-state index contributed by atoms with van der Waals surface area (Å²) < 4.78 is 14.7. The smallest absolute Gasteiger partial charge is 0.181 e. The molecule has 2 heterocycles. The van der Waals surface area contributed by atoms with Crippen LogP contribution in [0.2, 0.25) is 10.2 Å². The van der Waals surface area contributed by atoms with Gasteiger partial charge in [0.05, 0.1) is 10.7 Å². The van der Waals surface area contributed by atoms with Crippen LogP contribution < -0.4 is 4.90 Å². The van der Waals surface area contributed by atoms with Crippen LogP contribution in [0.5, 0.6) is 0 Å². The number of aromatic nitrogens is 3. The summed E-state index contributed by atoms with van der Waals surface area (Å²) in [6.45, 7) is 9.09. The van der Waals surface area contributed by atoms with Gasteiger partial charge >= 0.3 is 0 Å². The van der Waals surface area contributed by atoms with Gasteiger partial charge in [-0.05, 0) is 26.0 Å². The van der Waals surface area contributed by atoms with Crippen LogP contribution in [0.15, 0.2) is 42.7 Å². The highest BCUT2D eigenvalue weighted by atomic mass is 35.5. The summed E-state index contributed by atoms with van der Waals surface area (Å²) in [7, 11) is 0. The number of fused-ring (bicyclic) bond motifs is 1. The molecule has 26 heavy (non-hydrogen) atoms. The van der Waals surface area contributed by atoms with Crippen LogP contribution in [0, 0.1) is 5.82 Å². The molecule has 0 fully saturated rings. The minimum Gasteiger partial charge on any atom is -0.365 e. The number of pyridine rings is 1. The van der Waals surface area contributed by atoms with Gasteiger partial charge in [0.15, 0.2) is 5.65 Å². The van der Waals surface area contributed by atoms with E-state index in [0.717, 1.165) is 5.57 Å². The third kappa shape index (κ3) is 3.37. The van der Waals surface area contributed by atoms with Crippen molar-refractivity contribution in [3.63, 3.8) is 0 Å². The van der Waals surface area contributed by atoms with Crippen molar-refractivity contribution in [2.45, 2.75) is 13.8 Å². The van der Waals surface area contributed by atoms with E-state index in [-0.39, 0.29) is 15.7 Å². The number of halogens is 3. The van der Waals surface area contributed by atoms with Crippen LogP contribution in [0.4, 0.5) is 10.1 Å². The van der Waals surface area contributed by atoms with E-state index in [4.69, 9.17) is 23.2 Å². The molecule has 1 aromatic carbocycles. The molecule has 3 aromatic rings. The molecule has 2 aromatic heterocycles. The molecule has 0 aliphatic rings. The molecule has 0 aliphatic carbocycles. The van der Waals surface area contributed by atoms with Crippen molar-refractivity contribution in [2.75, 3.05) is 18.0 Å². The average Bonchev–Trinajstić information content (AvgIpc) is 2.59. The van der Waals surface area contributed by atoms with Gasteiger partial charge in [0.1, 0.15) is 16.5 Å². The molecule has 4 nitrogen and oxygen atoms in total. The molecule has 0 unspecified atom stereocenters. The van der Waals surface area contributed by atoms with Crippen molar-refractivity contribution in [1.82, 2.24) is 15.0 Å². The van der Waals surface area contributed by atoms with Gasteiger partial charge in [0, 0.05) is 36.6 Å². The van der Waals surface area contributed by atoms with Gasteiger partial charge in [-0.2, -0.15) is 0 Å². The van der Waals surface area contributed by atoms with E-state index in [1.807, 2.05) is 18.7 Å². The standard InChI is InChI=1S/C19H17Cl2FN4/c1-4-26(10-11(2)3)17-15(14-12(20)6-5-7-13(14)22)18(21)25-19-16(17)23-8-9-24-19/h5-9H,2,4,10H2,1,3H3. The number of anilines is 1. The molecule has 0 N–H and O–H groups in total. The Labute approximate surface area is 161 Å². The molecule has 3 rings (SSSR count). The molecule has 7 heteroatoms. The number of likely N-dealkylation sites (N-methyl/N-ethyl adjacent to an activating group) is 1. The van der Waals surface area contributed by atoms with Crippen LogP contribution in [0.3, 0.4) is 0 Å². The van der Waals surface area contributed by atoms with Crippen molar-refractivity contribution >= 4 is 40.1 Å². The monoisotopic (exact) mass is 390 g/mol. The van der Waals surface area contributed by atoms with Crippen LogP contribution in [0.1, 0.15) is 13.8 Å². The summed E-state index contributed by atoms with van der Waals surface area (Å²) in [5.74, 6) is -0.475. The third-order valence-electron chi connectivity index (χ3n) is 3.92. The Bertz CT molecular complexity index is 970. The second kappa shape index (κ2) is 7.56. The fourth-order valence-electron chi connectivity index (χ4n) is 2.89. The number of hydrogen-bond donors (Lipinski definition) is 0. The summed E-state index contributed by atoms with van der Waals surface area (Å²) in [6, 6.07) is 4.52. The van der Waals surface area contributed by atoms with Gasteiger partial charge < -0.3 is 4.90 Å². The Morgan fingerprint density at radius 3 is 2.58 bits per heavy atom. The topological polar surface area (TPSA) is 41.9 Å². The van der Waals surface area contributed by atoms with E-state index in [9.17, 15) is 4.39 Å². The lowest BCUT2D eigenvalue weighted by Gasteiger charge is -2.27. The second-order valence-corrected chi connectivity index (χ2v) is 6.69. The molecule has 0 saturated carbocycles. The van der Waals surface area contributed by atoms with Crippen LogP contribution >= 0.6 is 23.2 Å². The maximum atomic E-state index is 14.7. The third-order valence-corrected chi connectivity index (χ3v) is 4.51. The normalized spacial score (nSPS) is 11.0. The van der Waals surface area contributed by atoms with Crippen LogP contribution in [-0.2, 0) is 0 Å². The number of benzene rings is 1. The first kappa shape index (κ1) is 18.5. The highest BCUT2D eigenvalue weighted by molar-refractivity contribution is 6.37. The minimum atomic E-state index is -0.475. The molecule has 0 bridgehead atoms. The highest BCUT2D eigenvalue weighted by Gasteiger charge is 2.25. The zero-order valence-corrected chi connectivity index (χ0v) is 15.9. The molecule has 0 atom stereocenters. The van der Waals surface area contributed by atoms with E-state index in [2.05, 4.69) is 21.5 Å². The fourth-order valence-corrected chi connectivity index (χ4v) is 3.41. The van der Waals surface area contributed by atoms with Crippen molar-refractivity contribution < 1.29 is 4.39 Å². The first-order chi connectivity index (χ1) is 12.4. The molecular weight excluding hydrogens is 374 g/mol. The first-order valence-corrected chi connectivity index (χ1v) is 8.83. The van der Waals surface area contributed by atoms with Crippen molar-refractivity contribution in [3.05, 3.63) is 58.7 Å². The number of nitrogens with zero attached hydrogens (tertiary/aromatic N) is 4. The quantitative estimate of drug-likeness (QED) is 0.423. The van der Waals surface area contributed by atoms with Crippen molar-refractivity contribution in [1.29, 1.82) is 0 Å². The highest BCUT2D eigenvalue weighted by Crippen LogP contribution is 2.43. The Kier molecular flexibility index (Phi) is 5.39. The van der Waals surface area contributed by atoms with Gasteiger partial charge in [-0.25, -0.2) is 19.3 Å².